The number of likely N-dealkylation sites (tertiary alicyclic amines) is 1. The van der Waals surface area contributed by atoms with Crippen molar-refractivity contribution in [2.45, 2.75) is 38.4 Å². The lowest BCUT2D eigenvalue weighted by atomic mass is 9.88. The van der Waals surface area contributed by atoms with Crippen LogP contribution in [0.5, 0.6) is 0 Å². The predicted molar refractivity (Wildman–Crippen MR) is 118 cm³/mol. The number of hydrogen-bond donors (Lipinski definition) is 1. The molecule has 0 radical (unpaired) electrons. The third kappa shape index (κ3) is 5.41. The maximum Gasteiger partial charge on any atom is 0.419 e. The van der Waals surface area contributed by atoms with E-state index < -0.39 is 48.5 Å². The molecule has 1 fully saturated rings. The second-order valence-electron chi connectivity index (χ2n) is 8.80. The van der Waals surface area contributed by atoms with Gasteiger partial charge >= 0.3 is 6.18 Å². The fourth-order valence-corrected chi connectivity index (χ4v) is 4.17. The summed E-state index contributed by atoms with van der Waals surface area (Å²) in [6, 6.07) is 0.940. The Hall–Kier alpha value is -3.71. The van der Waals surface area contributed by atoms with E-state index in [0.717, 1.165) is 4.90 Å². The molecule has 1 saturated heterocycles. The van der Waals surface area contributed by atoms with Gasteiger partial charge in [0.05, 0.1) is 23.7 Å². The van der Waals surface area contributed by atoms with E-state index in [4.69, 9.17) is 0 Å². The molecule has 3 aromatic rings. The lowest BCUT2D eigenvalue weighted by Gasteiger charge is -2.43. The van der Waals surface area contributed by atoms with Crippen molar-refractivity contribution >= 4 is 11.9 Å². The SMILES string of the molecule is Cc1ccnc(-c2cn(C)nc2C(=O)N2CC(F)(F)C[C@@H](C)C2CNc2ncc(C(F)(F)F)cn2)n1. The highest BCUT2D eigenvalue weighted by Crippen LogP contribution is 2.36. The number of nitrogens with one attached hydrogen (secondary N) is 1. The van der Waals surface area contributed by atoms with Crippen LogP contribution in [0.3, 0.4) is 0 Å². The third-order valence-corrected chi connectivity index (χ3v) is 5.86. The van der Waals surface area contributed by atoms with Crippen LogP contribution < -0.4 is 5.32 Å². The van der Waals surface area contributed by atoms with Gasteiger partial charge in [0.1, 0.15) is 0 Å². The number of halogens is 5. The van der Waals surface area contributed by atoms with E-state index in [1.807, 2.05) is 0 Å². The van der Waals surface area contributed by atoms with Crippen LogP contribution in [0.2, 0.25) is 0 Å². The second kappa shape index (κ2) is 9.39. The van der Waals surface area contributed by atoms with Crippen molar-refractivity contribution in [2.75, 3.05) is 18.4 Å². The van der Waals surface area contributed by atoms with Crippen molar-refractivity contribution in [3.8, 4) is 11.4 Å². The zero-order valence-electron chi connectivity index (χ0n) is 19.6. The molecule has 0 spiro atoms. The van der Waals surface area contributed by atoms with Crippen LogP contribution in [0.1, 0.15) is 35.1 Å². The normalized spacial score (nSPS) is 19.8. The molecule has 9 nitrogen and oxygen atoms in total. The average molecular weight is 510 g/mol. The van der Waals surface area contributed by atoms with Crippen molar-refractivity contribution in [2.24, 2.45) is 13.0 Å². The average Bonchev–Trinajstić information content (AvgIpc) is 3.18. The van der Waals surface area contributed by atoms with Crippen molar-refractivity contribution in [3.63, 3.8) is 0 Å². The minimum atomic E-state index is -4.59. The molecule has 3 aromatic heterocycles. The molecule has 1 unspecified atom stereocenters. The summed E-state index contributed by atoms with van der Waals surface area (Å²) in [5, 5.41) is 6.97. The third-order valence-electron chi connectivity index (χ3n) is 5.86. The number of aryl methyl sites for hydroxylation is 2. The van der Waals surface area contributed by atoms with Gasteiger partial charge in [0.2, 0.25) is 5.95 Å². The van der Waals surface area contributed by atoms with E-state index in [-0.39, 0.29) is 24.0 Å². The Kier molecular flexibility index (Phi) is 6.62. The van der Waals surface area contributed by atoms with E-state index in [1.165, 1.54) is 17.1 Å². The summed E-state index contributed by atoms with van der Waals surface area (Å²) < 4.78 is 68.8. The van der Waals surface area contributed by atoms with Crippen LogP contribution in [0.25, 0.3) is 11.4 Å². The van der Waals surface area contributed by atoms with Gasteiger partial charge in [0, 0.05) is 50.5 Å². The Balaban J connectivity index is 1.61. The molecule has 192 valence electrons. The predicted octanol–water partition coefficient (Wildman–Crippen LogP) is 3.59. The summed E-state index contributed by atoms with van der Waals surface area (Å²) in [5.41, 5.74) is -0.148. The molecular weight excluding hydrogens is 487 g/mol. The quantitative estimate of drug-likeness (QED) is 0.524. The minimum Gasteiger partial charge on any atom is -0.352 e. The van der Waals surface area contributed by atoms with Crippen molar-refractivity contribution in [1.82, 2.24) is 34.6 Å². The summed E-state index contributed by atoms with van der Waals surface area (Å²) in [7, 11) is 1.59. The first kappa shape index (κ1) is 25.4. The Bertz CT molecular complexity index is 1240. The fraction of sp³-hybridized carbons (Fsp3) is 0.455. The number of carbonyl (C=O) groups is 1. The van der Waals surface area contributed by atoms with Crippen molar-refractivity contribution in [3.05, 3.63) is 47.8 Å². The van der Waals surface area contributed by atoms with Crippen LogP contribution in [-0.2, 0) is 13.2 Å². The van der Waals surface area contributed by atoms with Crippen LogP contribution in [-0.4, -0.2) is 65.6 Å². The molecule has 0 bridgehead atoms. The fourth-order valence-electron chi connectivity index (χ4n) is 4.17. The smallest absolute Gasteiger partial charge is 0.352 e. The monoisotopic (exact) mass is 510 g/mol. The molecule has 0 saturated carbocycles. The van der Waals surface area contributed by atoms with Crippen LogP contribution in [0.4, 0.5) is 27.9 Å². The molecule has 1 N–H and O–H groups in total. The molecule has 1 aliphatic rings. The zero-order chi connectivity index (χ0) is 26.3. The van der Waals surface area contributed by atoms with Gasteiger partial charge in [-0.2, -0.15) is 18.3 Å². The van der Waals surface area contributed by atoms with Crippen LogP contribution in [0, 0.1) is 12.8 Å². The Morgan fingerprint density at radius 1 is 1.22 bits per heavy atom. The number of amides is 1. The van der Waals surface area contributed by atoms with E-state index in [1.54, 1.807) is 27.0 Å². The van der Waals surface area contributed by atoms with E-state index in [0.29, 0.717) is 23.7 Å². The van der Waals surface area contributed by atoms with E-state index >= 15 is 0 Å². The molecule has 2 atom stereocenters. The highest BCUT2D eigenvalue weighted by molar-refractivity contribution is 5.98. The van der Waals surface area contributed by atoms with Gasteiger partial charge in [-0.05, 0) is 18.9 Å². The summed E-state index contributed by atoms with van der Waals surface area (Å²) in [5.74, 6) is -4.41. The number of aromatic nitrogens is 6. The van der Waals surface area contributed by atoms with Gasteiger partial charge in [0.25, 0.3) is 11.8 Å². The molecule has 1 aliphatic heterocycles. The minimum absolute atomic E-state index is 0.0581. The molecule has 0 aliphatic carbocycles. The molecule has 14 heteroatoms. The van der Waals surface area contributed by atoms with Crippen LogP contribution in [0.15, 0.2) is 30.9 Å². The van der Waals surface area contributed by atoms with Gasteiger partial charge in [0.15, 0.2) is 11.5 Å². The van der Waals surface area contributed by atoms with Gasteiger partial charge in [-0.15, -0.1) is 0 Å². The van der Waals surface area contributed by atoms with Crippen molar-refractivity contribution < 1.29 is 26.7 Å². The summed E-state index contributed by atoms with van der Waals surface area (Å²) in [6.07, 6.45) is -0.749. The summed E-state index contributed by atoms with van der Waals surface area (Å²) in [6.45, 7) is 2.43. The van der Waals surface area contributed by atoms with Gasteiger partial charge < -0.3 is 10.2 Å². The highest BCUT2D eigenvalue weighted by atomic mass is 19.4. The number of anilines is 1. The molecule has 4 heterocycles. The molecular formula is C22H23F5N8O. The van der Waals surface area contributed by atoms with Crippen molar-refractivity contribution in [1.29, 1.82) is 0 Å². The highest BCUT2D eigenvalue weighted by Gasteiger charge is 2.47. The first-order chi connectivity index (χ1) is 16.8. The van der Waals surface area contributed by atoms with Crippen LogP contribution >= 0.6 is 0 Å². The lowest BCUT2D eigenvalue weighted by molar-refractivity contribution is -0.138. The van der Waals surface area contributed by atoms with E-state index in [9.17, 15) is 26.7 Å². The Morgan fingerprint density at radius 3 is 2.56 bits per heavy atom. The largest absolute Gasteiger partial charge is 0.419 e. The first-order valence-electron chi connectivity index (χ1n) is 11.0. The van der Waals surface area contributed by atoms with E-state index in [2.05, 4.69) is 30.4 Å². The first-order valence-corrected chi connectivity index (χ1v) is 11.0. The second-order valence-corrected chi connectivity index (χ2v) is 8.80. The van der Waals surface area contributed by atoms with Gasteiger partial charge in [-0.3, -0.25) is 9.48 Å². The Labute approximate surface area is 202 Å². The maximum atomic E-state index is 14.6. The topological polar surface area (TPSA) is 102 Å². The van der Waals surface area contributed by atoms with Gasteiger partial charge in [-0.1, -0.05) is 6.92 Å². The summed E-state index contributed by atoms with van der Waals surface area (Å²) in [4.78, 5) is 30.4. The molecule has 0 aromatic carbocycles. The lowest BCUT2D eigenvalue weighted by Crippen LogP contribution is -2.57. The number of piperidine rings is 1. The number of rotatable bonds is 5. The Morgan fingerprint density at radius 2 is 1.92 bits per heavy atom. The molecule has 1 amide bonds. The summed E-state index contributed by atoms with van der Waals surface area (Å²) >= 11 is 0. The maximum absolute atomic E-state index is 14.6. The number of carbonyl (C=O) groups excluding carboxylic acids is 1. The zero-order valence-corrected chi connectivity index (χ0v) is 19.6. The number of hydrogen-bond acceptors (Lipinski definition) is 7. The molecule has 36 heavy (non-hydrogen) atoms. The number of alkyl halides is 5. The number of nitrogens with zero attached hydrogens (tertiary/aromatic N) is 7. The molecule has 4 rings (SSSR count). The van der Waals surface area contributed by atoms with Gasteiger partial charge in [-0.25, -0.2) is 28.7 Å². The standard InChI is InChI=1S/C22H23F5N8O/c1-12-6-21(23,24)11-35(16(12)9-31-20-29-7-14(8-30-20)22(25,26)27)19(36)17-15(10-34(3)33-17)18-28-5-4-13(2)32-18/h4-5,7-8,10,12,16H,6,9,11H2,1-3H3,(H,29,30,31)/t12-,16?/m1/s1.